The maximum atomic E-state index is 12.9. The highest BCUT2D eigenvalue weighted by atomic mass is 32.2. The number of nitro groups is 1. The average molecular weight is 369 g/mol. The standard InChI is InChI=1S/C19H19N3O3S/c1-14-12-16(8-9-17(14)22(24)25)18(23)21-10-5-11-26-19(21)20-13-15-6-3-2-4-7-15/h2-4,6-9,12H,5,10-11,13H2,1H3. The zero-order valence-corrected chi connectivity index (χ0v) is 15.2. The number of aryl methyl sites for hydroxylation is 1. The lowest BCUT2D eigenvalue weighted by molar-refractivity contribution is -0.385. The summed E-state index contributed by atoms with van der Waals surface area (Å²) in [5.41, 5.74) is 2.04. The molecule has 1 aliphatic heterocycles. The van der Waals surface area contributed by atoms with Crippen LogP contribution >= 0.6 is 11.8 Å². The second-order valence-electron chi connectivity index (χ2n) is 6.00. The van der Waals surface area contributed by atoms with Crippen molar-refractivity contribution in [2.24, 2.45) is 4.99 Å². The normalized spacial score (nSPS) is 15.9. The molecule has 0 bridgehead atoms. The Balaban J connectivity index is 1.82. The number of thioether (sulfide) groups is 1. The molecule has 0 unspecified atom stereocenters. The lowest BCUT2D eigenvalue weighted by Gasteiger charge is -2.28. The second-order valence-corrected chi connectivity index (χ2v) is 7.06. The van der Waals surface area contributed by atoms with Gasteiger partial charge in [0.1, 0.15) is 0 Å². The van der Waals surface area contributed by atoms with E-state index in [-0.39, 0.29) is 11.6 Å². The molecule has 6 nitrogen and oxygen atoms in total. The first kappa shape index (κ1) is 18.1. The summed E-state index contributed by atoms with van der Waals surface area (Å²) in [7, 11) is 0. The van der Waals surface area contributed by atoms with Crippen LogP contribution in [0.25, 0.3) is 0 Å². The molecule has 0 N–H and O–H groups in total. The smallest absolute Gasteiger partial charge is 0.272 e. The third kappa shape index (κ3) is 4.11. The van der Waals surface area contributed by atoms with Gasteiger partial charge in [0.15, 0.2) is 5.17 Å². The summed E-state index contributed by atoms with van der Waals surface area (Å²) in [4.78, 5) is 29.7. The van der Waals surface area contributed by atoms with Crippen LogP contribution in [0.5, 0.6) is 0 Å². The number of rotatable bonds is 4. The Kier molecular flexibility index (Phi) is 5.68. The molecule has 0 radical (unpaired) electrons. The lowest BCUT2D eigenvalue weighted by atomic mass is 10.1. The molecule has 0 spiro atoms. The minimum Gasteiger partial charge on any atom is -0.287 e. The Labute approximate surface area is 156 Å². The van der Waals surface area contributed by atoms with E-state index in [1.54, 1.807) is 29.7 Å². The van der Waals surface area contributed by atoms with E-state index in [9.17, 15) is 14.9 Å². The van der Waals surface area contributed by atoms with Gasteiger partial charge in [-0.2, -0.15) is 0 Å². The first-order valence-corrected chi connectivity index (χ1v) is 9.33. The van der Waals surface area contributed by atoms with Crippen LogP contribution in [0, 0.1) is 17.0 Å². The van der Waals surface area contributed by atoms with Crippen LogP contribution < -0.4 is 0 Å². The molecule has 0 aromatic heterocycles. The Morgan fingerprint density at radius 3 is 2.73 bits per heavy atom. The average Bonchev–Trinajstić information content (AvgIpc) is 2.66. The van der Waals surface area contributed by atoms with Gasteiger partial charge in [0, 0.05) is 29.5 Å². The Bertz CT molecular complexity index is 852. The highest BCUT2D eigenvalue weighted by Crippen LogP contribution is 2.24. The molecule has 7 heteroatoms. The molecule has 2 aromatic carbocycles. The fourth-order valence-electron chi connectivity index (χ4n) is 2.77. The van der Waals surface area contributed by atoms with Crippen LogP contribution in [0.2, 0.25) is 0 Å². The number of amidine groups is 1. The quantitative estimate of drug-likeness (QED) is 0.602. The van der Waals surface area contributed by atoms with Crippen molar-refractivity contribution in [3.05, 3.63) is 75.3 Å². The van der Waals surface area contributed by atoms with Gasteiger partial charge in [0.05, 0.1) is 11.5 Å². The van der Waals surface area contributed by atoms with Gasteiger partial charge >= 0.3 is 0 Å². The summed E-state index contributed by atoms with van der Waals surface area (Å²) >= 11 is 1.57. The van der Waals surface area contributed by atoms with Gasteiger partial charge in [-0.05, 0) is 31.0 Å². The van der Waals surface area contributed by atoms with Crippen LogP contribution in [-0.2, 0) is 6.54 Å². The molecule has 2 aromatic rings. The topological polar surface area (TPSA) is 75.8 Å². The number of carbonyl (C=O) groups is 1. The minimum atomic E-state index is -0.437. The van der Waals surface area contributed by atoms with Gasteiger partial charge in [-0.1, -0.05) is 42.1 Å². The first-order valence-electron chi connectivity index (χ1n) is 8.34. The zero-order valence-electron chi connectivity index (χ0n) is 14.4. The number of nitrogens with zero attached hydrogens (tertiary/aromatic N) is 3. The number of nitro benzene ring substituents is 1. The third-order valence-electron chi connectivity index (χ3n) is 4.11. The predicted octanol–water partition coefficient (Wildman–Crippen LogP) is 4.04. The van der Waals surface area contributed by atoms with Crippen LogP contribution in [0.1, 0.15) is 27.9 Å². The Morgan fingerprint density at radius 2 is 2.04 bits per heavy atom. The summed E-state index contributed by atoms with van der Waals surface area (Å²) in [5.74, 6) is 0.762. The first-order chi connectivity index (χ1) is 12.6. The second kappa shape index (κ2) is 8.14. The van der Waals surface area contributed by atoms with Crippen molar-refractivity contribution in [1.82, 2.24) is 4.90 Å². The molecule has 3 rings (SSSR count). The van der Waals surface area contributed by atoms with Gasteiger partial charge in [0.25, 0.3) is 11.6 Å². The molecule has 26 heavy (non-hydrogen) atoms. The molecule has 0 atom stereocenters. The SMILES string of the molecule is Cc1cc(C(=O)N2CCCSC2=NCc2ccccc2)ccc1[N+](=O)[O-]. The molecule has 0 saturated carbocycles. The molecule has 134 valence electrons. The zero-order chi connectivity index (χ0) is 18.5. The van der Waals surface area contributed by atoms with Crippen LogP contribution in [0.4, 0.5) is 5.69 Å². The van der Waals surface area contributed by atoms with Crippen molar-refractivity contribution in [1.29, 1.82) is 0 Å². The number of carbonyl (C=O) groups excluding carboxylic acids is 1. The van der Waals surface area contributed by atoms with Gasteiger partial charge < -0.3 is 0 Å². The van der Waals surface area contributed by atoms with Crippen molar-refractivity contribution in [3.8, 4) is 0 Å². The molecule has 0 aliphatic carbocycles. The molecule has 1 saturated heterocycles. The minimum absolute atomic E-state index is 0.0209. The van der Waals surface area contributed by atoms with E-state index in [2.05, 4.69) is 4.99 Å². The number of hydrogen-bond acceptors (Lipinski definition) is 5. The van der Waals surface area contributed by atoms with E-state index in [1.807, 2.05) is 30.3 Å². The molecule has 1 fully saturated rings. The largest absolute Gasteiger partial charge is 0.287 e. The summed E-state index contributed by atoms with van der Waals surface area (Å²) in [6, 6.07) is 14.4. The van der Waals surface area contributed by atoms with Gasteiger partial charge in [-0.15, -0.1) is 0 Å². The van der Waals surface area contributed by atoms with E-state index < -0.39 is 4.92 Å². The fraction of sp³-hybridized carbons (Fsp3) is 0.263. The van der Waals surface area contributed by atoms with Crippen LogP contribution in [0.3, 0.4) is 0 Å². The summed E-state index contributed by atoms with van der Waals surface area (Å²) in [6.07, 6.45) is 0.896. The van der Waals surface area contributed by atoms with E-state index in [1.165, 1.54) is 12.1 Å². The number of aliphatic imine (C=N–C) groups is 1. The monoisotopic (exact) mass is 369 g/mol. The van der Waals surface area contributed by atoms with Crippen molar-refractivity contribution in [2.75, 3.05) is 12.3 Å². The third-order valence-corrected chi connectivity index (χ3v) is 5.21. The fourth-order valence-corrected chi connectivity index (χ4v) is 3.71. The highest BCUT2D eigenvalue weighted by Gasteiger charge is 2.25. The van der Waals surface area contributed by atoms with Gasteiger partial charge in [-0.3, -0.25) is 24.8 Å². The van der Waals surface area contributed by atoms with Crippen LogP contribution in [-0.4, -0.2) is 33.2 Å². The summed E-state index contributed by atoms with van der Waals surface area (Å²) in [6.45, 7) is 2.77. The lowest BCUT2D eigenvalue weighted by Crippen LogP contribution is -2.39. The molecule has 1 aliphatic rings. The summed E-state index contributed by atoms with van der Waals surface area (Å²) < 4.78 is 0. The Morgan fingerprint density at radius 1 is 1.27 bits per heavy atom. The van der Waals surface area contributed by atoms with E-state index in [0.717, 1.165) is 17.7 Å². The van der Waals surface area contributed by atoms with Crippen molar-refractivity contribution in [3.63, 3.8) is 0 Å². The highest BCUT2D eigenvalue weighted by molar-refractivity contribution is 8.13. The van der Waals surface area contributed by atoms with E-state index >= 15 is 0 Å². The maximum absolute atomic E-state index is 12.9. The van der Waals surface area contributed by atoms with Crippen molar-refractivity contribution < 1.29 is 9.72 Å². The van der Waals surface area contributed by atoms with Crippen molar-refractivity contribution in [2.45, 2.75) is 19.9 Å². The Hall–Kier alpha value is -2.67. The number of benzene rings is 2. The number of amides is 1. The predicted molar refractivity (Wildman–Crippen MR) is 104 cm³/mol. The molecular weight excluding hydrogens is 350 g/mol. The van der Waals surface area contributed by atoms with Crippen molar-refractivity contribution >= 4 is 28.5 Å². The van der Waals surface area contributed by atoms with Gasteiger partial charge in [0.2, 0.25) is 0 Å². The summed E-state index contributed by atoms with van der Waals surface area (Å²) in [5, 5.41) is 11.7. The molecule has 1 heterocycles. The maximum Gasteiger partial charge on any atom is 0.272 e. The number of hydrogen-bond donors (Lipinski definition) is 0. The van der Waals surface area contributed by atoms with E-state index in [0.29, 0.717) is 29.4 Å². The molecule has 1 amide bonds. The van der Waals surface area contributed by atoms with E-state index in [4.69, 9.17) is 0 Å². The van der Waals surface area contributed by atoms with Gasteiger partial charge in [-0.25, -0.2) is 0 Å². The van der Waals surface area contributed by atoms with Crippen LogP contribution in [0.15, 0.2) is 53.5 Å². The molecular formula is C19H19N3O3S.